The van der Waals surface area contributed by atoms with Gasteiger partial charge in [-0.25, -0.2) is 22.0 Å². The van der Waals surface area contributed by atoms with Crippen LogP contribution in [0, 0.1) is 35.0 Å². The highest BCUT2D eigenvalue weighted by molar-refractivity contribution is 5.65. The third-order valence-corrected chi connectivity index (χ3v) is 7.41. The van der Waals surface area contributed by atoms with Crippen molar-refractivity contribution in [3.05, 3.63) is 118 Å². The van der Waals surface area contributed by atoms with Gasteiger partial charge in [0.05, 0.1) is 25.4 Å². The predicted octanol–water partition coefficient (Wildman–Crippen LogP) is 10.0. The summed E-state index contributed by atoms with van der Waals surface area (Å²) in [6, 6.07) is 6.08. The average molecular weight is 741 g/mol. The minimum atomic E-state index is -5.15. The monoisotopic (exact) mass is 740 g/mol. The first-order valence-corrected chi connectivity index (χ1v) is 14.8. The van der Waals surface area contributed by atoms with Gasteiger partial charge in [-0.15, -0.1) is 0 Å². The number of halogens is 12. The quantitative estimate of drug-likeness (QED) is 0.143. The molecule has 1 heterocycles. The van der Waals surface area contributed by atoms with Crippen molar-refractivity contribution < 1.29 is 76.4 Å². The van der Waals surface area contributed by atoms with Crippen molar-refractivity contribution in [2.45, 2.75) is 31.6 Å². The zero-order chi connectivity index (χ0) is 37.3. The van der Waals surface area contributed by atoms with Gasteiger partial charge in [-0.3, -0.25) is 0 Å². The lowest BCUT2D eigenvalue weighted by Crippen LogP contribution is -2.31. The fourth-order valence-electron chi connectivity index (χ4n) is 5.04. The maximum Gasteiger partial charge on any atom is 0.432 e. The van der Waals surface area contributed by atoms with Gasteiger partial charge in [0.1, 0.15) is 51.7 Å². The molecule has 0 unspecified atom stereocenters. The number of benzene rings is 4. The number of rotatable bonds is 11. The van der Waals surface area contributed by atoms with Gasteiger partial charge in [0.25, 0.3) is 0 Å². The first kappa shape index (κ1) is 37.8. The summed E-state index contributed by atoms with van der Waals surface area (Å²) in [4.78, 5) is 0. The molecule has 0 bridgehead atoms. The molecule has 0 saturated carbocycles. The summed E-state index contributed by atoms with van der Waals surface area (Å²) in [5, 5.41) is 0. The van der Waals surface area contributed by atoms with E-state index < -0.39 is 87.5 Å². The summed E-state index contributed by atoms with van der Waals surface area (Å²) in [5.41, 5.74) is -6.21. The number of hydrogen-bond donors (Lipinski definition) is 0. The van der Waals surface area contributed by atoms with Gasteiger partial charge in [0.15, 0.2) is 6.29 Å². The lowest BCUT2D eigenvalue weighted by molar-refractivity contribution is -0.212. The standard InChI is InChI=1S/C34H24F12O5/c1-2-47-14-17-15-48-31(49-16-17)20-11-27(38)30(28(39)12-20)33(43,44)50-21-5-3-18(4-6-21)19-9-25(36)29(26(37)10-19)34(45,46)51-22-7-8-23(24(35)13-22)32(40,41)42/h3-13,17,31H,2,14-16H2,1H3. The van der Waals surface area contributed by atoms with E-state index in [9.17, 15) is 43.9 Å². The highest BCUT2D eigenvalue weighted by atomic mass is 19.4. The normalized spacial score (nSPS) is 17.0. The van der Waals surface area contributed by atoms with E-state index in [1.165, 1.54) is 0 Å². The molecule has 4 aromatic rings. The predicted molar refractivity (Wildman–Crippen MR) is 153 cm³/mol. The summed E-state index contributed by atoms with van der Waals surface area (Å²) in [7, 11) is 0. The second kappa shape index (κ2) is 14.6. The topological polar surface area (TPSA) is 46.2 Å². The van der Waals surface area contributed by atoms with Crippen molar-refractivity contribution in [2.75, 3.05) is 26.4 Å². The van der Waals surface area contributed by atoms with Crippen LogP contribution < -0.4 is 9.47 Å². The molecule has 1 fully saturated rings. The van der Waals surface area contributed by atoms with Crippen LogP contribution in [0.4, 0.5) is 52.7 Å². The van der Waals surface area contributed by atoms with Crippen LogP contribution in [-0.4, -0.2) is 26.4 Å². The lowest BCUT2D eigenvalue weighted by Gasteiger charge is -2.30. The average Bonchev–Trinajstić information content (AvgIpc) is 3.02. The summed E-state index contributed by atoms with van der Waals surface area (Å²) < 4.78 is 196. The molecular weight excluding hydrogens is 716 g/mol. The van der Waals surface area contributed by atoms with Crippen LogP contribution in [-0.2, 0) is 32.6 Å². The van der Waals surface area contributed by atoms with Gasteiger partial charge in [0.2, 0.25) is 0 Å². The van der Waals surface area contributed by atoms with Crippen molar-refractivity contribution in [2.24, 2.45) is 5.92 Å². The summed E-state index contributed by atoms with van der Waals surface area (Å²) in [5.74, 6) is -11.1. The van der Waals surface area contributed by atoms with Gasteiger partial charge in [-0.2, -0.15) is 30.7 Å². The Morgan fingerprint density at radius 2 is 1.10 bits per heavy atom. The Bertz CT molecular complexity index is 1810. The molecule has 0 atom stereocenters. The van der Waals surface area contributed by atoms with Gasteiger partial charge >= 0.3 is 18.4 Å². The van der Waals surface area contributed by atoms with E-state index in [0.29, 0.717) is 43.5 Å². The van der Waals surface area contributed by atoms with Gasteiger partial charge < -0.3 is 23.7 Å². The minimum Gasteiger partial charge on any atom is -0.429 e. The number of ether oxygens (including phenoxy) is 5. The van der Waals surface area contributed by atoms with Crippen LogP contribution in [0.15, 0.2) is 66.7 Å². The van der Waals surface area contributed by atoms with E-state index in [0.717, 1.165) is 24.3 Å². The maximum atomic E-state index is 15.0. The summed E-state index contributed by atoms with van der Waals surface area (Å²) in [6.45, 7) is 2.83. The second-order valence-electron chi connectivity index (χ2n) is 11.1. The molecule has 0 aliphatic carbocycles. The molecule has 51 heavy (non-hydrogen) atoms. The van der Waals surface area contributed by atoms with Crippen LogP contribution >= 0.6 is 0 Å². The van der Waals surface area contributed by atoms with Crippen LogP contribution in [0.25, 0.3) is 11.1 Å². The maximum absolute atomic E-state index is 15.0. The van der Waals surface area contributed by atoms with Crippen molar-refractivity contribution in [3.8, 4) is 22.6 Å². The lowest BCUT2D eigenvalue weighted by atomic mass is 10.0. The van der Waals surface area contributed by atoms with E-state index in [-0.39, 0.29) is 42.4 Å². The zero-order valence-electron chi connectivity index (χ0n) is 25.9. The van der Waals surface area contributed by atoms with Crippen LogP contribution in [0.2, 0.25) is 0 Å². The van der Waals surface area contributed by atoms with Crippen LogP contribution in [0.3, 0.4) is 0 Å². The molecule has 5 nitrogen and oxygen atoms in total. The van der Waals surface area contributed by atoms with Crippen LogP contribution in [0.5, 0.6) is 11.5 Å². The van der Waals surface area contributed by atoms with Crippen molar-refractivity contribution in [1.29, 1.82) is 0 Å². The Labute approximate surface area is 281 Å². The number of alkyl halides is 7. The molecule has 0 aromatic heterocycles. The largest absolute Gasteiger partial charge is 0.432 e. The Kier molecular flexibility index (Phi) is 10.8. The number of hydrogen-bond acceptors (Lipinski definition) is 5. The van der Waals surface area contributed by atoms with Gasteiger partial charge in [0, 0.05) is 24.2 Å². The van der Waals surface area contributed by atoms with Crippen LogP contribution in [0.1, 0.15) is 35.5 Å². The molecule has 1 aliphatic rings. The Hall–Kier alpha value is -4.48. The Balaban J connectivity index is 1.29. The molecule has 0 radical (unpaired) electrons. The van der Waals surface area contributed by atoms with E-state index in [2.05, 4.69) is 9.47 Å². The first-order chi connectivity index (χ1) is 23.9. The Morgan fingerprint density at radius 1 is 0.608 bits per heavy atom. The van der Waals surface area contributed by atoms with E-state index in [1.54, 1.807) is 6.92 Å². The first-order valence-electron chi connectivity index (χ1n) is 14.8. The smallest absolute Gasteiger partial charge is 0.429 e. The molecule has 4 aromatic carbocycles. The van der Waals surface area contributed by atoms with Crippen molar-refractivity contribution in [3.63, 3.8) is 0 Å². The molecule has 5 rings (SSSR count). The van der Waals surface area contributed by atoms with E-state index in [1.807, 2.05) is 0 Å². The third kappa shape index (κ3) is 8.53. The summed E-state index contributed by atoms with van der Waals surface area (Å²) >= 11 is 0. The highest BCUT2D eigenvalue weighted by Gasteiger charge is 2.43. The zero-order valence-corrected chi connectivity index (χ0v) is 25.9. The molecular formula is C34H24F12O5. The molecule has 0 spiro atoms. The molecule has 0 N–H and O–H groups in total. The molecule has 274 valence electrons. The highest BCUT2D eigenvalue weighted by Crippen LogP contribution is 2.41. The van der Waals surface area contributed by atoms with Crippen molar-refractivity contribution >= 4 is 0 Å². The molecule has 1 saturated heterocycles. The third-order valence-electron chi connectivity index (χ3n) is 7.41. The Morgan fingerprint density at radius 3 is 1.59 bits per heavy atom. The fourth-order valence-corrected chi connectivity index (χ4v) is 5.04. The minimum absolute atomic E-state index is 0.0349. The fraction of sp³-hybridized carbons (Fsp3) is 0.294. The second-order valence-corrected chi connectivity index (χ2v) is 11.1. The van der Waals surface area contributed by atoms with Gasteiger partial charge in [-0.05, 0) is 66.6 Å². The SMILES string of the molecule is CCOCC1COC(c2cc(F)c(C(F)(F)Oc3ccc(-c4cc(F)c(C(F)(F)Oc5ccc(C(F)(F)F)c(F)c5)c(F)c4)cc3)c(F)c2)OC1. The van der Waals surface area contributed by atoms with E-state index >= 15 is 8.78 Å². The van der Waals surface area contributed by atoms with Gasteiger partial charge in [-0.1, -0.05) is 12.1 Å². The molecule has 17 heteroatoms. The van der Waals surface area contributed by atoms with Crippen molar-refractivity contribution in [1.82, 2.24) is 0 Å². The van der Waals surface area contributed by atoms with E-state index in [4.69, 9.17) is 14.2 Å². The molecule has 1 aliphatic heterocycles. The summed E-state index contributed by atoms with van der Waals surface area (Å²) in [6.07, 6.45) is -15.8. The molecule has 0 amide bonds.